The molecule has 166 valence electrons. The van der Waals surface area contributed by atoms with Gasteiger partial charge < -0.3 is 26.3 Å². The molecule has 0 saturated heterocycles. The summed E-state index contributed by atoms with van der Waals surface area (Å²) in [6, 6.07) is 9.47. The van der Waals surface area contributed by atoms with Crippen LogP contribution in [0.5, 0.6) is 11.5 Å². The molecule has 8 nitrogen and oxygen atoms in total. The Morgan fingerprint density at radius 3 is 2.47 bits per heavy atom. The molecule has 1 amide bonds. The summed E-state index contributed by atoms with van der Waals surface area (Å²) in [6.07, 6.45) is 2.43. The van der Waals surface area contributed by atoms with E-state index in [9.17, 15) is 4.79 Å². The highest BCUT2D eigenvalue weighted by atomic mass is 35.5. The first-order valence-electron chi connectivity index (χ1n) is 9.40. The molecule has 10 heteroatoms. The summed E-state index contributed by atoms with van der Waals surface area (Å²) in [6.45, 7) is 1.77. The molecule has 0 aliphatic heterocycles. The van der Waals surface area contributed by atoms with Gasteiger partial charge in [0.15, 0.2) is 0 Å². The van der Waals surface area contributed by atoms with Crippen LogP contribution in [0.15, 0.2) is 48.8 Å². The maximum atomic E-state index is 12.7. The van der Waals surface area contributed by atoms with E-state index in [1.54, 1.807) is 37.3 Å². The summed E-state index contributed by atoms with van der Waals surface area (Å²) < 4.78 is 11.2. The van der Waals surface area contributed by atoms with Gasteiger partial charge in [-0.05, 0) is 37.3 Å². The number of methoxy groups -OCH3 is 1. The third-order valence-corrected chi connectivity index (χ3v) is 5.21. The molecule has 3 rings (SSSR count). The highest BCUT2D eigenvalue weighted by Gasteiger charge is 2.20. The molecule has 32 heavy (non-hydrogen) atoms. The van der Waals surface area contributed by atoms with Crippen LogP contribution in [0.3, 0.4) is 0 Å². The van der Waals surface area contributed by atoms with Crippen LogP contribution in [-0.2, 0) is 4.79 Å². The smallest absolute Gasteiger partial charge is 0.274 e. The minimum atomic E-state index is -0.676. The first kappa shape index (κ1) is 23.2. The standard InChI is InChI=1S/C22H21Cl2N5O3/c1-11(20-15(23)9-28-10-16(20)24)32-13-4-5-17(26)14(8-13)21(27)22(30)29-18-6-3-12(25)7-19(18)31-2/h3-11,27H,25-26H2,1-2H3,(H,29,30). The van der Waals surface area contributed by atoms with Crippen molar-refractivity contribution in [3.05, 3.63) is 70.0 Å². The van der Waals surface area contributed by atoms with E-state index in [1.165, 1.54) is 25.6 Å². The monoisotopic (exact) mass is 473 g/mol. The number of anilines is 3. The van der Waals surface area contributed by atoms with Gasteiger partial charge in [0, 0.05) is 41.0 Å². The van der Waals surface area contributed by atoms with Crippen LogP contribution in [0.2, 0.25) is 10.0 Å². The second-order valence-electron chi connectivity index (χ2n) is 6.81. The lowest BCUT2D eigenvalue weighted by Crippen LogP contribution is -2.24. The maximum Gasteiger partial charge on any atom is 0.274 e. The highest BCUT2D eigenvalue weighted by molar-refractivity contribution is 6.48. The third-order valence-electron chi connectivity index (χ3n) is 4.60. The van der Waals surface area contributed by atoms with Gasteiger partial charge in [-0.25, -0.2) is 0 Å². The fourth-order valence-electron chi connectivity index (χ4n) is 3.02. The van der Waals surface area contributed by atoms with Gasteiger partial charge in [-0.15, -0.1) is 0 Å². The Morgan fingerprint density at radius 2 is 1.81 bits per heavy atom. The molecule has 3 aromatic rings. The average molecular weight is 474 g/mol. The van der Waals surface area contributed by atoms with Gasteiger partial charge >= 0.3 is 0 Å². The Balaban J connectivity index is 1.82. The van der Waals surface area contributed by atoms with Crippen LogP contribution in [0.4, 0.5) is 17.1 Å². The van der Waals surface area contributed by atoms with E-state index in [-0.39, 0.29) is 17.0 Å². The molecule has 0 radical (unpaired) electrons. The fourth-order valence-corrected chi connectivity index (χ4v) is 3.69. The van der Waals surface area contributed by atoms with Crippen LogP contribution >= 0.6 is 23.2 Å². The Labute approximate surface area is 195 Å². The first-order chi connectivity index (χ1) is 15.2. The van der Waals surface area contributed by atoms with E-state index < -0.39 is 12.0 Å². The molecule has 1 atom stereocenters. The molecule has 2 aromatic carbocycles. The number of rotatable bonds is 7. The summed E-state index contributed by atoms with van der Waals surface area (Å²) in [5.74, 6) is 0.0783. The van der Waals surface area contributed by atoms with E-state index in [4.69, 9.17) is 49.6 Å². The Hall–Kier alpha value is -3.49. The van der Waals surface area contributed by atoms with Gasteiger partial charge in [0.05, 0.1) is 22.8 Å². The second-order valence-corrected chi connectivity index (χ2v) is 7.63. The van der Waals surface area contributed by atoms with E-state index >= 15 is 0 Å². The Bertz CT molecular complexity index is 1170. The van der Waals surface area contributed by atoms with Gasteiger partial charge in [0.2, 0.25) is 0 Å². The average Bonchev–Trinajstić information content (AvgIpc) is 2.75. The van der Waals surface area contributed by atoms with E-state index in [2.05, 4.69) is 10.3 Å². The lowest BCUT2D eigenvalue weighted by molar-refractivity contribution is -0.110. The minimum Gasteiger partial charge on any atom is -0.494 e. The zero-order valence-electron chi connectivity index (χ0n) is 17.3. The summed E-state index contributed by atoms with van der Waals surface area (Å²) >= 11 is 12.4. The molecule has 0 fully saturated rings. The summed E-state index contributed by atoms with van der Waals surface area (Å²) in [5.41, 5.74) is 13.3. The van der Waals surface area contributed by atoms with Gasteiger partial charge in [-0.3, -0.25) is 15.2 Å². The van der Waals surface area contributed by atoms with Crippen molar-refractivity contribution in [2.24, 2.45) is 0 Å². The molecular formula is C22H21Cl2N5O3. The predicted octanol–water partition coefficient (Wildman–Crippen LogP) is 4.71. The van der Waals surface area contributed by atoms with E-state index in [0.717, 1.165) is 0 Å². The van der Waals surface area contributed by atoms with E-state index in [0.29, 0.717) is 38.5 Å². The van der Waals surface area contributed by atoms with Gasteiger partial charge in [0.1, 0.15) is 23.3 Å². The first-order valence-corrected chi connectivity index (χ1v) is 10.2. The number of halogens is 2. The van der Waals surface area contributed by atoms with Crippen LogP contribution in [-0.4, -0.2) is 23.7 Å². The van der Waals surface area contributed by atoms with Gasteiger partial charge in [-0.1, -0.05) is 23.2 Å². The maximum absolute atomic E-state index is 12.7. The molecule has 0 saturated carbocycles. The quantitative estimate of drug-likeness (QED) is 0.289. The number of nitrogens with one attached hydrogen (secondary N) is 2. The largest absolute Gasteiger partial charge is 0.494 e. The normalized spacial score (nSPS) is 11.5. The van der Waals surface area contributed by atoms with Crippen molar-refractivity contribution in [1.29, 1.82) is 5.41 Å². The molecule has 0 spiro atoms. The van der Waals surface area contributed by atoms with Crippen molar-refractivity contribution < 1.29 is 14.3 Å². The molecule has 1 aromatic heterocycles. The number of carbonyl (C=O) groups is 1. The Kier molecular flexibility index (Phi) is 7.07. The molecule has 0 bridgehead atoms. The van der Waals surface area contributed by atoms with E-state index in [1.807, 2.05) is 0 Å². The highest BCUT2D eigenvalue weighted by Crippen LogP contribution is 2.33. The lowest BCUT2D eigenvalue weighted by atomic mass is 10.1. The number of nitrogens with two attached hydrogens (primary N) is 2. The van der Waals surface area contributed by atoms with Crippen molar-refractivity contribution in [3.8, 4) is 11.5 Å². The summed E-state index contributed by atoms with van der Waals surface area (Å²) in [4.78, 5) is 16.6. The van der Waals surface area contributed by atoms with Crippen molar-refractivity contribution in [2.75, 3.05) is 23.9 Å². The third kappa shape index (κ3) is 5.04. The molecule has 6 N–H and O–H groups in total. The lowest BCUT2D eigenvalue weighted by Gasteiger charge is -2.18. The minimum absolute atomic E-state index is 0.202. The molecule has 0 aliphatic carbocycles. The number of carbonyl (C=O) groups excluding carboxylic acids is 1. The number of nitrogens with zero attached hydrogens (tertiary/aromatic N) is 1. The topological polar surface area (TPSA) is 136 Å². The Morgan fingerprint density at radius 1 is 1.12 bits per heavy atom. The second kappa shape index (κ2) is 9.76. The van der Waals surface area contributed by atoms with Crippen LogP contribution in [0.25, 0.3) is 0 Å². The molecule has 1 heterocycles. The summed E-state index contributed by atoms with van der Waals surface area (Å²) in [5, 5.41) is 11.7. The number of hydrogen-bond donors (Lipinski definition) is 4. The molecular weight excluding hydrogens is 453 g/mol. The van der Waals surface area contributed by atoms with Gasteiger partial charge in [-0.2, -0.15) is 0 Å². The summed E-state index contributed by atoms with van der Waals surface area (Å²) in [7, 11) is 1.46. The molecule has 1 unspecified atom stereocenters. The zero-order chi connectivity index (χ0) is 23.4. The zero-order valence-corrected chi connectivity index (χ0v) is 18.8. The number of pyridine rings is 1. The van der Waals surface area contributed by atoms with Crippen LogP contribution in [0.1, 0.15) is 24.2 Å². The fraction of sp³-hybridized carbons (Fsp3) is 0.136. The number of hydrogen-bond acceptors (Lipinski definition) is 7. The van der Waals surface area contributed by atoms with Crippen molar-refractivity contribution in [2.45, 2.75) is 13.0 Å². The van der Waals surface area contributed by atoms with Crippen LogP contribution < -0.4 is 26.3 Å². The number of amides is 1. The molecule has 0 aliphatic rings. The van der Waals surface area contributed by atoms with Crippen molar-refractivity contribution in [1.82, 2.24) is 4.98 Å². The van der Waals surface area contributed by atoms with Gasteiger partial charge in [0.25, 0.3) is 5.91 Å². The number of ether oxygens (including phenoxy) is 2. The number of benzene rings is 2. The SMILES string of the molecule is COc1cc(N)ccc1NC(=O)C(=N)c1cc(OC(C)c2c(Cl)cncc2Cl)ccc1N. The van der Waals surface area contributed by atoms with Crippen molar-refractivity contribution >= 4 is 51.9 Å². The number of nitrogen functional groups attached to an aromatic ring is 2. The predicted molar refractivity (Wildman–Crippen MR) is 127 cm³/mol. The van der Waals surface area contributed by atoms with Crippen molar-refractivity contribution in [3.63, 3.8) is 0 Å². The number of aromatic nitrogens is 1. The van der Waals surface area contributed by atoms with Crippen LogP contribution in [0, 0.1) is 5.41 Å².